The normalized spacial score (nSPS) is 10.7. The van der Waals surface area contributed by atoms with E-state index in [0.717, 1.165) is 30.2 Å². The first-order chi connectivity index (χ1) is 11.7. The van der Waals surface area contributed by atoms with Crippen LogP contribution in [0.3, 0.4) is 0 Å². The minimum absolute atomic E-state index is 0. The van der Waals surface area contributed by atoms with Crippen LogP contribution in [-0.2, 0) is 6.54 Å². The van der Waals surface area contributed by atoms with Crippen LogP contribution in [0.15, 0.2) is 17.1 Å². The quantitative estimate of drug-likeness (QED) is 0.231. The highest BCUT2D eigenvalue weighted by Crippen LogP contribution is 2.34. The zero-order valence-corrected chi connectivity index (χ0v) is 18.8. The number of aliphatic imine (C=N–C) groups is 1. The van der Waals surface area contributed by atoms with Crippen molar-refractivity contribution in [2.45, 2.75) is 19.4 Å². The number of thioether (sulfide) groups is 1. The van der Waals surface area contributed by atoms with Crippen LogP contribution in [0.1, 0.15) is 18.4 Å². The van der Waals surface area contributed by atoms with Crippen molar-refractivity contribution in [1.29, 1.82) is 0 Å². The van der Waals surface area contributed by atoms with Gasteiger partial charge in [-0.3, -0.25) is 4.99 Å². The Balaban J connectivity index is 0.00000576. The number of methoxy groups -OCH3 is 3. The van der Waals surface area contributed by atoms with Crippen molar-refractivity contribution in [3.63, 3.8) is 0 Å². The van der Waals surface area contributed by atoms with Gasteiger partial charge in [-0.15, -0.1) is 24.0 Å². The molecule has 1 aromatic carbocycles. The van der Waals surface area contributed by atoms with E-state index in [-0.39, 0.29) is 24.0 Å². The second kappa shape index (κ2) is 14.2. The van der Waals surface area contributed by atoms with Crippen LogP contribution in [0.25, 0.3) is 0 Å². The van der Waals surface area contributed by atoms with Crippen LogP contribution in [-0.4, -0.2) is 52.9 Å². The zero-order chi connectivity index (χ0) is 17.8. The summed E-state index contributed by atoms with van der Waals surface area (Å²) in [5.41, 5.74) is 0.973. The number of benzene rings is 1. The second-order valence-corrected chi connectivity index (χ2v) is 6.06. The average Bonchev–Trinajstić information content (AvgIpc) is 2.63. The number of nitrogens with zero attached hydrogens (tertiary/aromatic N) is 1. The summed E-state index contributed by atoms with van der Waals surface area (Å²) in [4.78, 5) is 4.25. The fourth-order valence-corrected chi connectivity index (χ4v) is 2.70. The van der Waals surface area contributed by atoms with Gasteiger partial charge in [0.1, 0.15) is 5.75 Å². The van der Waals surface area contributed by atoms with Crippen molar-refractivity contribution in [2.75, 3.05) is 46.9 Å². The van der Waals surface area contributed by atoms with Gasteiger partial charge in [-0.2, -0.15) is 11.8 Å². The van der Waals surface area contributed by atoms with Crippen molar-refractivity contribution < 1.29 is 14.2 Å². The molecule has 0 bridgehead atoms. The molecule has 0 spiro atoms. The Bertz CT molecular complexity index is 530. The van der Waals surface area contributed by atoms with Crippen LogP contribution in [0.2, 0.25) is 0 Å². The lowest BCUT2D eigenvalue weighted by Gasteiger charge is -2.16. The molecular formula is C17H30IN3O3S. The van der Waals surface area contributed by atoms with Crippen LogP contribution in [0.5, 0.6) is 17.2 Å². The number of guanidine groups is 1. The predicted molar refractivity (Wildman–Crippen MR) is 117 cm³/mol. The monoisotopic (exact) mass is 483 g/mol. The van der Waals surface area contributed by atoms with E-state index < -0.39 is 0 Å². The third-order valence-corrected chi connectivity index (χ3v) is 4.22. The highest BCUT2D eigenvalue weighted by atomic mass is 127. The Morgan fingerprint density at radius 1 is 1.00 bits per heavy atom. The first kappa shape index (κ1) is 24.0. The molecule has 25 heavy (non-hydrogen) atoms. The van der Waals surface area contributed by atoms with Crippen LogP contribution < -0.4 is 24.8 Å². The van der Waals surface area contributed by atoms with Crippen LogP contribution in [0, 0.1) is 0 Å². The van der Waals surface area contributed by atoms with Gasteiger partial charge in [0.2, 0.25) is 0 Å². The number of ether oxygens (including phenoxy) is 3. The zero-order valence-electron chi connectivity index (χ0n) is 15.7. The Morgan fingerprint density at radius 3 is 2.20 bits per heavy atom. The Morgan fingerprint density at radius 2 is 1.64 bits per heavy atom. The van der Waals surface area contributed by atoms with E-state index in [1.807, 2.05) is 23.9 Å². The van der Waals surface area contributed by atoms with E-state index >= 15 is 0 Å². The van der Waals surface area contributed by atoms with Gasteiger partial charge >= 0.3 is 0 Å². The summed E-state index contributed by atoms with van der Waals surface area (Å²) in [6.45, 7) is 1.48. The minimum atomic E-state index is 0. The third-order valence-electron chi connectivity index (χ3n) is 3.52. The molecule has 1 aromatic rings. The van der Waals surface area contributed by atoms with Gasteiger partial charge in [0.05, 0.1) is 21.3 Å². The van der Waals surface area contributed by atoms with Gasteiger partial charge in [0.15, 0.2) is 17.5 Å². The van der Waals surface area contributed by atoms with Gasteiger partial charge in [0.25, 0.3) is 0 Å². The summed E-state index contributed by atoms with van der Waals surface area (Å²) >= 11 is 1.87. The first-order valence-corrected chi connectivity index (χ1v) is 9.31. The molecule has 0 aliphatic heterocycles. The summed E-state index contributed by atoms with van der Waals surface area (Å²) in [6.07, 6.45) is 4.46. The number of nitrogens with one attached hydrogen (secondary N) is 2. The smallest absolute Gasteiger partial charge is 0.191 e. The maximum Gasteiger partial charge on any atom is 0.191 e. The number of unbranched alkanes of at least 4 members (excludes halogenated alkanes) is 1. The van der Waals surface area contributed by atoms with Gasteiger partial charge in [-0.1, -0.05) is 0 Å². The highest BCUT2D eigenvalue weighted by Gasteiger charge is 2.12. The van der Waals surface area contributed by atoms with E-state index in [1.165, 1.54) is 12.2 Å². The number of hydrogen-bond acceptors (Lipinski definition) is 5. The first-order valence-electron chi connectivity index (χ1n) is 7.92. The molecule has 2 N–H and O–H groups in total. The SMILES string of the molecule is CN=C(NCCCCSC)NCc1cc(OC)c(OC)cc1OC.I. The van der Waals surface area contributed by atoms with Crippen LogP contribution >= 0.6 is 35.7 Å². The lowest BCUT2D eigenvalue weighted by Crippen LogP contribution is -2.37. The summed E-state index contributed by atoms with van der Waals surface area (Å²) in [7, 11) is 6.64. The van der Waals surface area contributed by atoms with E-state index in [9.17, 15) is 0 Å². The molecule has 0 radical (unpaired) electrons. The molecule has 0 unspecified atom stereocenters. The Kier molecular flexibility index (Phi) is 13.6. The molecule has 0 aliphatic rings. The largest absolute Gasteiger partial charge is 0.496 e. The minimum Gasteiger partial charge on any atom is -0.496 e. The second-order valence-electron chi connectivity index (χ2n) is 5.07. The number of rotatable bonds is 10. The standard InChI is InChI=1S/C17H29N3O3S.HI/c1-18-17(19-8-6-7-9-24-5)20-12-13-10-15(22-3)16(23-4)11-14(13)21-2;/h10-11H,6-9,12H2,1-5H3,(H2,18,19,20);1H. The predicted octanol–water partition coefficient (Wildman–Crippen LogP) is 3.14. The Labute approximate surface area is 172 Å². The number of halogens is 1. The van der Waals surface area contributed by atoms with Crippen molar-refractivity contribution in [3.05, 3.63) is 17.7 Å². The molecular weight excluding hydrogens is 453 g/mol. The maximum atomic E-state index is 5.44. The van der Waals surface area contributed by atoms with Crippen molar-refractivity contribution >= 4 is 41.7 Å². The molecule has 0 heterocycles. The third kappa shape index (κ3) is 8.26. The lowest BCUT2D eigenvalue weighted by atomic mass is 10.1. The van der Waals surface area contributed by atoms with E-state index in [1.54, 1.807) is 28.4 Å². The summed E-state index contributed by atoms with van der Waals surface area (Å²) in [5.74, 6) is 4.03. The maximum absolute atomic E-state index is 5.44. The molecule has 0 fully saturated rings. The Hall–Kier alpha value is -1.03. The molecule has 1 rings (SSSR count). The van der Waals surface area contributed by atoms with Crippen molar-refractivity contribution in [2.24, 2.45) is 4.99 Å². The molecule has 0 atom stereocenters. The summed E-state index contributed by atoms with van der Waals surface area (Å²) < 4.78 is 16.1. The molecule has 8 heteroatoms. The van der Waals surface area contributed by atoms with E-state index in [0.29, 0.717) is 18.0 Å². The van der Waals surface area contributed by atoms with Gasteiger partial charge in [-0.05, 0) is 30.9 Å². The fraction of sp³-hybridized carbons (Fsp3) is 0.588. The lowest BCUT2D eigenvalue weighted by molar-refractivity contribution is 0.347. The summed E-state index contributed by atoms with van der Waals surface area (Å²) in [6, 6.07) is 3.74. The molecule has 0 aliphatic carbocycles. The number of hydrogen-bond donors (Lipinski definition) is 2. The molecule has 144 valence electrons. The molecule has 0 saturated carbocycles. The molecule has 0 aromatic heterocycles. The van der Waals surface area contributed by atoms with Gasteiger partial charge in [-0.25, -0.2) is 0 Å². The molecule has 0 saturated heterocycles. The van der Waals surface area contributed by atoms with Gasteiger partial charge in [0, 0.05) is 31.8 Å². The highest BCUT2D eigenvalue weighted by molar-refractivity contribution is 14.0. The van der Waals surface area contributed by atoms with Gasteiger partial charge < -0.3 is 24.8 Å². The van der Waals surface area contributed by atoms with Crippen LogP contribution in [0.4, 0.5) is 0 Å². The van der Waals surface area contributed by atoms with Crippen molar-refractivity contribution in [1.82, 2.24) is 10.6 Å². The fourth-order valence-electron chi connectivity index (χ4n) is 2.21. The van der Waals surface area contributed by atoms with Crippen molar-refractivity contribution in [3.8, 4) is 17.2 Å². The van der Waals surface area contributed by atoms with E-state index in [2.05, 4.69) is 21.9 Å². The van der Waals surface area contributed by atoms with E-state index in [4.69, 9.17) is 14.2 Å². The summed E-state index contributed by atoms with van der Waals surface area (Å²) in [5, 5.41) is 6.62. The molecule has 0 amide bonds. The molecule has 6 nitrogen and oxygen atoms in total. The average molecular weight is 483 g/mol. The topological polar surface area (TPSA) is 64.1 Å².